The van der Waals surface area contributed by atoms with Crippen molar-refractivity contribution in [2.75, 3.05) is 0 Å². The normalized spacial score (nSPS) is 11.5. The SMILES string of the molecule is c1ccc(-c2nc(-c3ccc(-c4cccc5nc(-c6ccccc6)c6ccccc6c45)cc3)nc(-c3ccc(-n4c5ccccc5c5ccccc54)cc3)n2)cc1. The minimum absolute atomic E-state index is 0.620. The Balaban J connectivity index is 0.999. The van der Waals surface area contributed by atoms with Gasteiger partial charge in [-0.25, -0.2) is 19.9 Å². The van der Waals surface area contributed by atoms with Gasteiger partial charge in [0, 0.05) is 49.5 Å². The van der Waals surface area contributed by atoms with Crippen molar-refractivity contribution in [1.29, 1.82) is 0 Å². The van der Waals surface area contributed by atoms with Gasteiger partial charge < -0.3 is 4.57 Å². The number of aromatic nitrogens is 5. The molecule has 0 aliphatic heterocycles. The number of para-hydroxylation sites is 2. The summed E-state index contributed by atoms with van der Waals surface area (Å²) >= 11 is 0. The fourth-order valence-electron chi connectivity index (χ4n) is 8.17. The second-order valence-corrected chi connectivity index (χ2v) is 14.2. The van der Waals surface area contributed by atoms with Gasteiger partial charge in [-0.05, 0) is 59.0 Å². The number of pyridine rings is 1. The van der Waals surface area contributed by atoms with Crippen LogP contribution in [0, 0.1) is 0 Å². The molecule has 0 radical (unpaired) electrons. The molecule has 0 aliphatic carbocycles. The molecule has 0 unspecified atom stereocenters. The zero-order valence-corrected chi connectivity index (χ0v) is 30.8. The average molecular weight is 728 g/mol. The van der Waals surface area contributed by atoms with Crippen molar-refractivity contribution in [3.8, 4) is 62.2 Å². The van der Waals surface area contributed by atoms with Crippen LogP contribution in [0.15, 0.2) is 200 Å². The van der Waals surface area contributed by atoms with Crippen LogP contribution < -0.4 is 0 Å². The number of fused-ring (bicyclic) bond motifs is 6. The second kappa shape index (κ2) is 13.5. The highest BCUT2D eigenvalue weighted by molar-refractivity contribution is 6.16. The number of rotatable bonds is 6. The summed E-state index contributed by atoms with van der Waals surface area (Å²) in [6.45, 7) is 0. The molecule has 0 N–H and O–H groups in total. The Labute approximate surface area is 329 Å². The summed E-state index contributed by atoms with van der Waals surface area (Å²) in [7, 11) is 0. The van der Waals surface area contributed by atoms with Gasteiger partial charge in [-0.1, -0.05) is 158 Å². The van der Waals surface area contributed by atoms with Gasteiger partial charge in [-0.2, -0.15) is 0 Å². The van der Waals surface area contributed by atoms with E-state index in [-0.39, 0.29) is 0 Å². The van der Waals surface area contributed by atoms with Crippen LogP contribution in [0.5, 0.6) is 0 Å². The summed E-state index contributed by atoms with van der Waals surface area (Å²) < 4.78 is 2.32. The zero-order chi connectivity index (χ0) is 37.7. The van der Waals surface area contributed by atoms with Crippen LogP contribution in [-0.2, 0) is 0 Å². The highest BCUT2D eigenvalue weighted by atomic mass is 15.0. The van der Waals surface area contributed by atoms with E-state index in [2.05, 4.69) is 168 Å². The molecular formula is C52H33N5. The number of benzene rings is 8. The second-order valence-electron chi connectivity index (χ2n) is 14.2. The van der Waals surface area contributed by atoms with Gasteiger partial charge in [0.15, 0.2) is 17.5 Å². The smallest absolute Gasteiger partial charge is 0.164 e. The Morgan fingerprint density at radius 1 is 0.298 bits per heavy atom. The first-order chi connectivity index (χ1) is 28.3. The van der Waals surface area contributed by atoms with Gasteiger partial charge in [0.05, 0.1) is 22.2 Å². The molecule has 5 heteroatoms. The summed E-state index contributed by atoms with van der Waals surface area (Å²) in [5.74, 6) is 1.87. The van der Waals surface area contributed by atoms with Crippen molar-refractivity contribution < 1.29 is 0 Å². The van der Waals surface area contributed by atoms with E-state index in [1.54, 1.807) is 0 Å². The lowest BCUT2D eigenvalue weighted by Gasteiger charge is -2.14. The van der Waals surface area contributed by atoms with E-state index in [0.717, 1.165) is 61.1 Å². The van der Waals surface area contributed by atoms with Gasteiger partial charge >= 0.3 is 0 Å². The van der Waals surface area contributed by atoms with E-state index < -0.39 is 0 Å². The maximum atomic E-state index is 5.22. The van der Waals surface area contributed by atoms with E-state index in [1.165, 1.54) is 27.2 Å². The molecule has 5 nitrogen and oxygen atoms in total. The van der Waals surface area contributed by atoms with Crippen molar-refractivity contribution in [3.63, 3.8) is 0 Å². The van der Waals surface area contributed by atoms with Crippen LogP contribution in [-0.4, -0.2) is 24.5 Å². The van der Waals surface area contributed by atoms with Crippen LogP contribution in [0.3, 0.4) is 0 Å². The first-order valence-electron chi connectivity index (χ1n) is 19.1. The molecule has 8 aromatic carbocycles. The van der Waals surface area contributed by atoms with E-state index in [4.69, 9.17) is 19.9 Å². The Hall–Kier alpha value is -7.76. The minimum Gasteiger partial charge on any atom is -0.309 e. The molecule has 3 aromatic heterocycles. The molecule has 0 atom stereocenters. The summed E-state index contributed by atoms with van der Waals surface area (Å²) in [6.07, 6.45) is 0. The quantitative estimate of drug-likeness (QED) is 0.160. The maximum Gasteiger partial charge on any atom is 0.164 e. The summed E-state index contributed by atoms with van der Waals surface area (Å²) in [5.41, 5.74) is 11.5. The molecule has 57 heavy (non-hydrogen) atoms. The molecule has 0 spiro atoms. The van der Waals surface area contributed by atoms with Gasteiger partial charge in [0.25, 0.3) is 0 Å². The first-order valence-corrected chi connectivity index (χ1v) is 19.1. The molecule has 0 saturated carbocycles. The summed E-state index contributed by atoms with van der Waals surface area (Å²) in [5, 5.41) is 5.92. The molecular weight excluding hydrogens is 695 g/mol. The Kier molecular flexibility index (Phi) is 7.74. The molecule has 0 amide bonds. The molecule has 0 saturated heterocycles. The molecule has 11 rings (SSSR count). The lowest BCUT2D eigenvalue weighted by molar-refractivity contribution is 1.07. The van der Waals surface area contributed by atoms with Crippen LogP contribution in [0.2, 0.25) is 0 Å². The van der Waals surface area contributed by atoms with E-state index in [1.807, 2.05) is 36.4 Å². The predicted molar refractivity (Wildman–Crippen MR) is 234 cm³/mol. The van der Waals surface area contributed by atoms with Crippen LogP contribution in [0.1, 0.15) is 0 Å². The number of nitrogens with zero attached hydrogens (tertiary/aromatic N) is 5. The summed E-state index contributed by atoms with van der Waals surface area (Å²) in [4.78, 5) is 20.3. The average Bonchev–Trinajstić information content (AvgIpc) is 3.63. The molecule has 0 bridgehead atoms. The number of hydrogen-bond acceptors (Lipinski definition) is 4. The van der Waals surface area contributed by atoms with Gasteiger partial charge in [0.2, 0.25) is 0 Å². The van der Waals surface area contributed by atoms with Crippen molar-refractivity contribution >= 4 is 43.5 Å². The minimum atomic E-state index is 0.620. The summed E-state index contributed by atoms with van der Waals surface area (Å²) in [6, 6.07) is 69.7. The number of hydrogen-bond donors (Lipinski definition) is 0. The van der Waals surface area contributed by atoms with E-state index in [0.29, 0.717) is 17.5 Å². The van der Waals surface area contributed by atoms with Crippen molar-refractivity contribution in [3.05, 3.63) is 200 Å². The third-order valence-electron chi connectivity index (χ3n) is 10.9. The molecule has 0 aliphatic rings. The monoisotopic (exact) mass is 727 g/mol. The highest BCUT2D eigenvalue weighted by Gasteiger charge is 2.17. The van der Waals surface area contributed by atoms with E-state index >= 15 is 0 Å². The van der Waals surface area contributed by atoms with Crippen LogP contribution >= 0.6 is 0 Å². The van der Waals surface area contributed by atoms with Crippen LogP contribution in [0.4, 0.5) is 0 Å². The highest BCUT2D eigenvalue weighted by Crippen LogP contribution is 2.38. The van der Waals surface area contributed by atoms with Crippen molar-refractivity contribution in [2.24, 2.45) is 0 Å². The van der Waals surface area contributed by atoms with Gasteiger partial charge in [-0.15, -0.1) is 0 Å². The lowest BCUT2D eigenvalue weighted by atomic mass is 9.94. The van der Waals surface area contributed by atoms with Gasteiger partial charge in [-0.3, -0.25) is 0 Å². The Morgan fingerprint density at radius 3 is 1.35 bits per heavy atom. The standard InChI is InChI=1S/C52H33N5/c1-3-14-35(15-4-1)49-44-21-8-7-20-43(44)48-40(22-13-23-45(48)53-49)34-26-28-37(29-27-34)51-54-50(36-16-5-2-6-17-36)55-52(56-51)38-30-32-39(33-31-38)57-46-24-11-9-18-41(46)42-19-10-12-25-47(42)57/h1-33H. The lowest BCUT2D eigenvalue weighted by Crippen LogP contribution is -2.00. The van der Waals surface area contributed by atoms with Crippen molar-refractivity contribution in [2.45, 2.75) is 0 Å². The zero-order valence-electron chi connectivity index (χ0n) is 30.8. The topological polar surface area (TPSA) is 56.5 Å². The van der Waals surface area contributed by atoms with Gasteiger partial charge in [0.1, 0.15) is 0 Å². The fourth-order valence-corrected chi connectivity index (χ4v) is 8.17. The maximum absolute atomic E-state index is 5.22. The van der Waals surface area contributed by atoms with Crippen molar-refractivity contribution in [1.82, 2.24) is 24.5 Å². The molecule has 0 fully saturated rings. The molecule has 3 heterocycles. The Morgan fingerprint density at radius 2 is 0.754 bits per heavy atom. The predicted octanol–water partition coefficient (Wildman–Crippen LogP) is 13.0. The fraction of sp³-hybridized carbons (Fsp3) is 0. The first kappa shape index (κ1) is 32.7. The largest absolute Gasteiger partial charge is 0.309 e. The third kappa shape index (κ3) is 5.64. The third-order valence-corrected chi connectivity index (χ3v) is 10.9. The Bertz CT molecular complexity index is 3210. The van der Waals surface area contributed by atoms with Crippen LogP contribution in [0.25, 0.3) is 106 Å². The molecule has 266 valence electrons. The van der Waals surface area contributed by atoms with E-state index in [9.17, 15) is 0 Å². The molecule has 11 aromatic rings.